The van der Waals surface area contributed by atoms with E-state index in [1.165, 1.54) is 5.56 Å². The summed E-state index contributed by atoms with van der Waals surface area (Å²) in [5, 5.41) is 16.6. The summed E-state index contributed by atoms with van der Waals surface area (Å²) in [4.78, 5) is 10.8. The minimum absolute atomic E-state index is 0.133. The van der Waals surface area contributed by atoms with Gasteiger partial charge < -0.3 is 5.11 Å². The number of thioether (sulfide) groups is 1. The summed E-state index contributed by atoms with van der Waals surface area (Å²) in [6, 6.07) is -0.428. The lowest BCUT2D eigenvalue weighted by molar-refractivity contribution is -0.138. The van der Waals surface area contributed by atoms with Gasteiger partial charge in [-0.25, -0.2) is 0 Å². The molecule has 6 heteroatoms. The Morgan fingerprint density at radius 2 is 2.29 bits per heavy atom. The molecule has 0 aromatic carbocycles. The average Bonchev–Trinajstić information content (AvgIpc) is 2.82. The van der Waals surface area contributed by atoms with E-state index < -0.39 is 12.0 Å². The average molecular weight is 255 g/mol. The molecule has 1 aliphatic rings. The van der Waals surface area contributed by atoms with E-state index in [0.717, 1.165) is 17.9 Å². The van der Waals surface area contributed by atoms with Crippen LogP contribution in [0.3, 0.4) is 0 Å². The van der Waals surface area contributed by atoms with Crippen LogP contribution < -0.4 is 5.32 Å². The fourth-order valence-electron chi connectivity index (χ4n) is 1.90. The number of carbonyl (C=O) groups is 1. The van der Waals surface area contributed by atoms with Gasteiger partial charge in [0.05, 0.1) is 17.6 Å². The van der Waals surface area contributed by atoms with E-state index in [4.69, 9.17) is 5.11 Å². The molecule has 1 saturated heterocycles. The van der Waals surface area contributed by atoms with Crippen molar-refractivity contribution < 1.29 is 9.90 Å². The van der Waals surface area contributed by atoms with Gasteiger partial charge in [0, 0.05) is 11.4 Å². The van der Waals surface area contributed by atoms with Crippen LogP contribution >= 0.6 is 11.8 Å². The second kappa shape index (κ2) is 4.70. The highest BCUT2D eigenvalue weighted by Crippen LogP contribution is 2.21. The van der Waals surface area contributed by atoms with Gasteiger partial charge in [0.2, 0.25) is 0 Å². The van der Waals surface area contributed by atoms with Crippen LogP contribution in [0, 0.1) is 20.8 Å². The standard InChI is InChI=1S/C11H17N3O2S/c1-6-7(2)13-14(8(6)3)4-10-12-9(5-17-10)11(15)16/h9-10,12H,4-5H2,1-3H3,(H,15,16)/t9-,10-/m0/s1. The Hall–Kier alpha value is -1.01. The highest BCUT2D eigenvalue weighted by molar-refractivity contribution is 8.00. The number of nitrogens with zero attached hydrogens (tertiary/aromatic N) is 2. The minimum Gasteiger partial charge on any atom is -0.480 e. The van der Waals surface area contributed by atoms with Crippen LogP contribution in [0.2, 0.25) is 0 Å². The molecular weight excluding hydrogens is 238 g/mol. The summed E-state index contributed by atoms with van der Waals surface area (Å²) in [5.41, 5.74) is 3.41. The Balaban J connectivity index is 2.03. The molecular formula is C11H17N3O2S. The number of nitrogens with one attached hydrogen (secondary N) is 1. The number of aryl methyl sites for hydroxylation is 1. The molecule has 94 valence electrons. The maximum Gasteiger partial charge on any atom is 0.321 e. The van der Waals surface area contributed by atoms with Gasteiger partial charge in [-0.05, 0) is 26.3 Å². The molecule has 1 aromatic rings. The SMILES string of the molecule is Cc1nn(C[C@H]2N[C@H](C(=O)O)CS2)c(C)c1C. The molecule has 0 unspecified atom stereocenters. The zero-order valence-corrected chi connectivity index (χ0v) is 11.0. The third-order valence-corrected chi connectivity index (χ3v) is 4.44. The summed E-state index contributed by atoms with van der Waals surface area (Å²) in [7, 11) is 0. The molecule has 1 aliphatic heterocycles. The van der Waals surface area contributed by atoms with E-state index in [1.807, 2.05) is 18.5 Å². The highest BCUT2D eigenvalue weighted by Gasteiger charge is 2.29. The summed E-state index contributed by atoms with van der Waals surface area (Å²) in [6.07, 6.45) is 0. The molecule has 1 aromatic heterocycles. The van der Waals surface area contributed by atoms with Gasteiger partial charge in [-0.1, -0.05) is 0 Å². The van der Waals surface area contributed by atoms with E-state index in [1.54, 1.807) is 11.8 Å². The van der Waals surface area contributed by atoms with Crippen LogP contribution in [-0.4, -0.2) is 38.0 Å². The lowest BCUT2D eigenvalue weighted by atomic mass is 10.2. The van der Waals surface area contributed by atoms with Crippen molar-refractivity contribution in [3.8, 4) is 0 Å². The summed E-state index contributed by atoms with van der Waals surface area (Å²) >= 11 is 1.64. The van der Waals surface area contributed by atoms with E-state index >= 15 is 0 Å². The van der Waals surface area contributed by atoms with E-state index in [2.05, 4.69) is 17.3 Å². The normalized spacial score (nSPS) is 24.2. The quantitative estimate of drug-likeness (QED) is 0.841. The Bertz CT molecular complexity index is 444. The van der Waals surface area contributed by atoms with Crippen molar-refractivity contribution in [3.05, 3.63) is 17.0 Å². The first-order valence-electron chi connectivity index (χ1n) is 5.60. The smallest absolute Gasteiger partial charge is 0.321 e. The van der Waals surface area contributed by atoms with Crippen LogP contribution in [0.1, 0.15) is 17.0 Å². The third kappa shape index (κ3) is 2.47. The molecule has 0 aliphatic carbocycles. The van der Waals surface area contributed by atoms with Crippen LogP contribution in [-0.2, 0) is 11.3 Å². The predicted molar refractivity (Wildman–Crippen MR) is 67.2 cm³/mol. The Morgan fingerprint density at radius 1 is 1.59 bits per heavy atom. The number of hydrogen-bond donors (Lipinski definition) is 2. The first-order chi connectivity index (χ1) is 7.99. The summed E-state index contributed by atoms with van der Waals surface area (Å²) in [5.74, 6) is -0.150. The molecule has 0 spiro atoms. The number of carboxylic acid groups (broad SMARTS) is 1. The Labute approximate surface area is 105 Å². The third-order valence-electron chi connectivity index (χ3n) is 3.23. The van der Waals surface area contributed by atoms with Crippen LogP contribution in [0.25, 0.3) is 0 Å². The summed E-state index contributed by atoms with van der Waals surface area (Å²) < 4.78 is 1.96. The molecule has 0 radical (unpaired) electrons. The molecule has 0 bridgehead atoms. The number of aliphatic carboxylic acids is 1. The van der Waals surface area contributed by atoms with E-state index in [9.17, 15) is 4.79 Å². The summed E-state index contributed by atoms with van der Waals surface area (Å²) in [6.45, 7) is 6.82. The van der Waals surface area contributed by atoms with Gasteiger partial charge in [0.15, 0.2) is 0 Å². The Kier molecular flexibility index (Phi) is 3.44. The van der Waals surface area contributed by atoms with Crippen LogP contribution in [0.4, 0.5) is 0 Å². The first-order valence-corrected chi connectivity index (χ1v) is 6.65. The number of aromatic nitrogens is 2. The lowest BCUT2D eigenvalue weighted by Crippen LogP contribution is -2.38. The molecule has 1 fully saturated rings. The van der Waals surface area contributed by atoms with Gasteiger partial charge in [-0.2, -0.15) is 5.10 Å². The van der Waals surface area contributed by atoms with Gasteiger partial charge >= 0.3 is 5.97 Å². The molecule has 2 heterocycles. The number of hydrogen-bond acceptors (Lipinski definition) is 4. The lowest BCUT2D eigenvalue weighted by Gasteiger charge is -2.12. The monoisotopic (exact) mass is 255 g/mol. The highest BCUT2D eigenvalue weighted by atomic mass is 32.2. The fraction of sp³-hybridized carbons (Fsp3) is 0.636. The zero-order chi connectivity index (χ0) is 12.6. The van der Waals surface area contributed by atoms with Crippen molar-refractivity contribution in [2.24, 2.45) is 0 Å². The second-order valence-corrected chi connectivity index (χ2v) is 5.59. The second-order valence-electron chi connectivity index (χ2n) is 4.36. The van der Waals surface area contributed by atoms with Crippen molar-refractivity contribution in [1.29, 1.82) is 0 Å². The molecule has 0 amide bonds. The fourth-order valence-corrected chi connectivity index (χ4v) is 3.07. The molecule has 0 saturated carbocycles. The van der Waals surface area contributed by atoms with Crippen molar-refractivity contribution in [2.75, 3.05) is 5.75 Å². The van der Waals surface area contributed by atoms with Crippen molar-refractivity contribution >= 4 is 17.7 Å². The number of carboxylic acids is 1. The van der Waals surface area contributed by atoms with Crippen LogP contribution in [0.15, 0.2) is 0 Å². The zero-order valence-electron chi connectivity index (χ0n) is 10.2. The van der Waals surface area contributed by atoms with Gasteiger partial charge in [0.25, 0.3) is 0 Å². The van der Waals surface area contributed by atoms with Crippen molar-refractivity contribution in [2.45, 2.75) is 38.7 Å². The molecule has 2 N–H and O–H groups in total. The van der Waals surface area contributed by atoms with Gasteiger partial charge in [-0.3, -0.25) is 14.8 Å². The molecule has 17 heavy (non-hydrogen) atoms. The first kappa shape index (κ1) is 12.4. The predicted octanol–water partition coefficient (Wildman–Crippen LogP) is 0.924. The van der Waals surface area contributed by atoms with Gasteiger partial charge in [0.1, 0.15) is 6.04 Å². The van der Waals surface area contributed by atoms with Crippen LogP contribution in [0.5, 0.6) is 0 Å². The largest absolute Gasteiger partial charge is 0.480 e. The molecule has 2 atom stereocenters. The topological polar surface area (TPSA) is 67.2 Å². The Morgan fingerprint density at radius 3 is 2.76 bits per heavy atom. The van der Waals surface area contributed by atoms with E-state index in [0.29, 0.717) is 5.75 Å². The van der Waals surface area contributed by atoms with Crippen molar-refractivity contribution in [3.63, 3.8) is 0 Å². The maximum atomic E-state index is 10.8. The van der Waals surface area contributed by atoms with E-state index in [-0.39, 0.29) is 5.37 Å². The molecule has 2 rings (SSSR count). The maximum absolute atomic E-state index is 10.8. The molecule has 5 nitrogen and oxygen atoms in total. The van der Waals surface area contributed by atoms with Gasteiger partial charge in [-0.15, -0.1) is 11.8 Å². The number of rotatable bonds is 3. The van der Waals surface area contributed by atoms with Crippen molar-refractivity contribution in [1.82, 2.24) is 15.1 Å². The minimum atomic E-state index is -0.774.